The van der Waals surface area contributed by atoms with Crippen LogP contribution >= 0.6 is 23.2 Å². The quantitative estimate of drug-likeness (QED) is 0.338. The standard InChI is InChI=1S/C31H38Cl2N4O2/c1-24-19-26(10-11-27(24)32)39-23-31(20-30(38)36-17-15-34(2)16-18-36)12-6-13-35(22-31)21-25-7-5-14-37(25)29-9-4-3-8-28(29)33/h3-5,7-11,14,19H,6,12-13,15-18,20-23H2,1-2H3. The lowest BCUT2D eigenvalue weighted by molar-refractivity contribution is -0.137. The molecule has 2 aliphatic heterocycles. The van der Waals surface area contributed by atoms with E-state index in [2.05, 4.69) is 39.7 Å². The van der Waals surface area contributed by atoms with Crippen molar-refractivity contribution in [2.24, 2.45) is 5.41 Å². The molecule has 5 rings (SSSR count). The Hall–Kier alpha value is -2.51. The largest absolute Gasteiger partial charge is 0.493 e. The molecule has 0 radical (unpaired) electrons. The molecule has 0 N–H and O–H groups in total. The number of hydrogen-bond donors (Lipinski definition) is 0. The number of piperazine rings is 1. The highest BCUT2D eigenvalue weighted by molar-refractivity contribution is 6.32. The molecule has 0 bridgehead atoms. The zero-order valence-corrected chi connectivity index (χ0v) is 24.4. The van der Waals surface area contributed by atoms with Gasteiger partial charge in [0.2, 0.25) is 5.91 Å². The summed E-state index contributed by atoms with van der Waals surface area (Å²) < 4.78 is 8.56. The first-order valence-corrected chi connectivity index (χ1v) is 14.6. The van der Waals surface area contributed by atoms with Crippen molar-refractivity contribution in [3.8, 4) is 11.4 Å². The lowest BCUT2D eigenvalue weighted by atomic mass is 9.77. The van der Waals surface area contributed by atoms with Gasteiger partial charge in [-0.25, -0.2) is 0 Å². The average Bonchev–Trinajstić information content (AvgIpc) is 3.38. The van der Waals surface area contributed by atoms with E-state index in [4.69, 9.17) is 27.9 Å². The van der Waals surface area contributed by atoms with Gasteiger partial charge < -0.3 is 19.1 Å². The highest BCUT2D eigenvalue weighted by Gasteiger charge is 2.40. The summed E-state index contributed by atoms with van der Waals surface area (Å²) in [5.41, 5.74) is 2.88. The zero-order chi connectivity index (χ0) is 27.4. The van der Waals surface area contributed by atoms with Crippen molar-refractivity contribution in [2.45, 2.75) is 32.7 Å². The van der Waals surface area contributed by atoms with E-state index in [0.717, 1.165) is 85.7 Å². The van der Waals surface area contributed by atoms with Gasteiger partial charge >= 0.3 is 0 Å². The molecular weight excluding hydrogens is 531 g/mol. The molecule has 39 heavy (non-hydrogen) atoms. The summed E-state index contributed by atoms with van der Waals surface area (Å²) in [5, 5.41) is 1.46. The van der Waals surface area contributed by atoms with Crippen LogP contribution in [0.5, 0.6) is 5.75 Å². The highest BCUT2D eigenvalue weighted by Crippen LogP contribution is 2.37. The first-order chi connectivity index (χ1) is 18.8. The van der Waals surface area contributed by atoms with Crippen molar-refractivity contribution in [1.82, 2.24) is 19.3 Å². The fraction of sp³-hybridized carbons (Fsp3) is 0.452. The number of rotatable bonds is 8. The number of nitrogens with zero attached hydrogens (tertiary/aromatic N) is 4. The molecule has 2 aliphatic rings. The third-order valence-corrected chi connectivity index (χ3v) is 8.87. The van der Waals surface area contributed by atoms with Crippen molar-refractivity contribution < 1.29 is 9.53 Å². The molecule has 2 aromatic carbocycles. The number of likely N-dealkylation sites (tertiary alicyclic amines) is 1. The molecule has 8 heteroatoms. The molecular formula is C31H38Cl2N4O2. The summed E-state index contributed by atoms with van der Waals surface area (Å²) in [7, 11) is 2.11. The molecule has 6 nitrogen and oxygen atoms in total. The number of amides is 1. The number of halogens is 2. The van der Waals surface area contributed by atoms with E-state index in [-0.39, 0.29) is 11.3 Å². The van der Waals surface area contributed by atoms with Crippen molar-refractivity contribution in [3.05, 3.63) is 82.1 Å². The van der Waals surface area contributed by atoms with Gasteiger partial charge in [0.1, 0.15) is 5.75 Å². The van der Waals surface area contributed by atoms with Crippen molar-refractivity contribution in [1.29, 1.82) is 0 Å². The van der Waals surface area contributed by atoms with Crippen LogP contribution in [-0.2, 0) is 11.3 Å². The van der Waals surface area contributed by atoms with E-state index in [9.17, 15) is 4.79 Å². The minimum absolute atomic E-state index is 0.236. The third-order valence-electron chi connectivity index (χ3n) is 8.13. The van der Waals surface area contributed by atoms with Crippen LogP contribution in [0.15, 0.2) is 60.8 Å². The molecule has 1 atom stereocenters. The minimum Gasteiger partial charge on any atom is -0.493 e. The zero-order valence-electron chi connectivity index (χ0n) is 22.9. The SMILES string of the molecule is Cc1cc(OCC2(CC(=O)N3CCN(C)CC3)CCCN(Cc3cccn3-c3ccccc3Cl)C2)ccc1Cl. The van der Waals surface area contributed by atoms with Crippen LogP contribution in [0.1, 0.15) is 30.5 Å². The Labute approximate surface area is 242 Å². The molecule has 0 aliphatic carbocycles. The van der Waals surface area contributed by atoms with Gasteiger partial charge in [-0.05, 0) is 81.4 Å². The van der Waals surface area contributed by atoms with Crippen molar-refractivity contribution >= 4 is 29.1 Å². The van der Waals surface area contributed by atoms with Crippen LogP contribution in [0.2, 0.25) is 10.0 Å². The number of hydrogen-bond acceptors (Lipinski definition) is 4. The smallest absolute Gasteiger partial charge is 0.223 e. The maximum atomic E-state index is 13.6. The van der Waals surface area contributed by atoms with E-state index < -0.39 is 0 Å². The summed E-state index contributed by atoms with van der Waals surface area (Å²) in [6, 6.07) is 17.9. The second kappa shape index (κ2) is 12.3. The van der Waals surface area contributed by atoms with E-state index in [1.807, 2.05) is 54.3 Å². The molecule has 2 fully saturated rings. The number of aryl methyl sites for hydroxylation is 1. The minimum atomic E-state index is -0.270. The first kappa shape index (κ1) is 28.0. The van der Waals surface area contributed by atoms with Crippen LogP contribution in [0.4, 0.5) is 0 Å². The van der Waals surface area contributed by atoms with Crippen LogP contribution < -0.4 is 4.74 Å². The van der Waals surface area contributed by atoms with Gasteiger partial charge in [-0.2, -0.15) is 0 Å². The molecule has 3 heterocycles. The number of benzene rings is 2. The summed E-state index contributed by atoms with van der Waals surface area (Å²) in [6.07, 6.45) is 4.54. The topological polar surface area (TPSA) is 41.0 Å². The van der Waals surface area contributed by atoms with Gasteiger partial charge in [0, 0.05) is 68.0 Å². The molecule has 0 saturated carbocycles. The Kier molecular flexibility index (Phi) is 8.87. The Bertz CT molecular complexity index is 1290. The molecule has 2 saturated heterocycles. The number of likely N-dealkylation sites (N-methyl/N-ethyl adjacent to an activating group) is 1. The number of para-hydroxylation sites is 1. The van der Waals surface area contributed by atoms with Gasteiger partial charge in [-0.15, -0.1) is 0 Å². The Morgan fingerprint density at radius 1 is 0.974 bits per heavy atom. The second-order valence-electron chi connectivity index (χ2n) is 11.2. The second-order valence-corrected chi connectivity index (χ2v) is 12.0. The lowest BCUT2D eigenvalue weighted by Gasteiger charge is -2.43. The predicted molar refractivity (Wildman–Crippen MR) is 158 cm³/mol. The van der Waals surface area contributed by atoms with Gasteiger partial charge in [-0.3, -0.25) is 9.69 Å². The molecule has 1 amide bonds. The molecule has 3 aromatic rings. The van der Waals surface area contributed by atoms with Crippen molar-refractivity contribution in [3.63, 3.8) is 0 Å². The lowest BCUT2D eigenvalue weighted by Crippen LogP contribution is -2.52. The number of aromatic nitrogens is 1. The highest BCUT2D eigenvalue weighted by atomic mass is 35.5. The van der Waals surface area contributed by atoms with Crippen molar-refractivity contribution in [2.75, 3.05) is 52.9 Å². The fourth-order valence-electron chi connectivity index (χ4n) is 5.85. The van der Waals surface area contributed by atoms with Gasteiger partial charge in [-0.1, -0.05) is 35.3 Å². The Morgan fingerprint density at radius 3 is 2.54 bits per heavy atom. The fourth-order valence-corrected chi connectivity index (χ4v) is 6.19. The summed E-state index contributed by atoms with van der Waals surface area (Å²) in [6.45, 7) is 8.46. The molecule has 1 unspecified atom stereocenters. The van der Waals surface area contributed by atoms with Gasteiger partial charge in [0.25, 0.3) is 0 Å². The number of carbonyl (C=O) groups is 1. The maximum Gasteiger partial charge on any atom is 0.223 e. The normalized spacial score (nSPS) is 20.8. The summed E-state index contributed by atoms with van der Waals surface area (Å²) in [4.78, 5) is 20.4. The number of piperidine rings is 1. The van der Waals surface area contributed by atoms with Gasteiger partial charge in [0.05, 0.1) is 17.3 Å². The molecule has 1 aromatic heterocycles. The summed E-state index contributed by atoms with van der Waals surface area (Å²) >= 11 is 12.8. The first-order valence-electron chi connectivity index (χ1n) is 13.8. The van der Waals surface area contributed by atoms with E-state index in [0.29, 0.717) is 13.0 Å². The van der Waals surface area contributed by atoms with Crippen LogP contribution in [0.3, 0.4) is 0 Å². The van der Waals surface area contributed by atoms with Crippen LogP contribution in [0.25, 0.3) is 5.69 Å². The van der Waals surface area contributed by atoms with E-state index in [1.165, 1.54) is 5.69 Å². The number of carbonyl (C=O) groups excluding carboxylic acids is 1. The third kappa shape index (κ3) is 6.80. The number of ether oxygens (including phenoxy) is 1. The van der Waals surface area contributed by atoms with Crippen LogP contribution in [0, 0.1) is 12.3 Å². The maximum absolute atomic E-state index is 13.6. The monoisotopic (exact) mass is 568 g/mol. The Balaban J connectivity index is 1.35. The Morgan fingerprint density at radius 2 is 1.77 bits per heavy atom. The molecule has 208 valence electrons. The predicted octanol–water partition coefficient (Wildman–Crippen LogP) is 5.92. The van der Waals surface area contributed by atoms with E-state index >= 15 is 0 Å². The van der Waals surface area contributed by atoms with Gasteiger partial charge in [0.15, 0.2) is 0 Å². The van der Waals surface area contributed by atoms with E-state index in [1.54, 1.807) is 0 Å². The molecule has 0 spiro atoms. The van der Waals surface area contributed by atoms with Crippen LogP contribution in [-0.4, -0.2) is 78.1 Å². The average molecular weight is 570 g/mol. The summed E-state index contributed by atoms with van der Waals surface area (Å²) in [5.74, 6) is 1.04.